The molecular formula is C10H10N2O2. The molecule has 0 aromatic heterocycles. The minimum Gasteiger partial charge on any atom is -0.481 e. The third kappa shape index (κ3) is 2.49. The zero-order valence-electron chi connectivity index (χ0n) is 7.73. The van der Waals surface area contributed by atoms with Crippen molar-refractivity contribution in [1.82, 2.24) is 0 Å². The molecule has 1 aromatic rings. The molecule has 1 atom stereocenters. The van der Waals surface area contributed by atoms with Crippen molar-refractivity contribution in [3.05, 3.63) is 29.8 Å². The summed E-state index contributed by atoms with van der Waals surface area (Å²) in [6, 6.07) is 8.46. The number of nitrogens with zero attached hydrogens (tertiary/aromatic N) is 1. The highest BCUT2D eigenvalue weighted by atomic mass is 16.5. The molecule has 4 nitrogen and oxygen atoms in total. The number of benzene rings is 1. The topological polar surface area (TPSA) is 76.1 Å². The van der Waals surface area contributed by atoms with Crippen LogP contribution in [-0.4, -0.2) is 12.0 Å². The van der Waals surface area contributed by atoms with E-state index in [1.54, 1.807) is 31.2 Å². The molecule has 1 amide bonds. The summed E-state index contributed by atoms with van der Waals surface area (Å²) in [5.74, 6) is 0.00431. The first kappa shape index (κ1) is 10.1. The fraction of sp³-hybridized carbons (Fsp3) is 0.200. The minimum absolute atomic E-state index is 0.519. The second-order valence-corrected chi connectivity index (χ2v) is 2.80. The van der Waals surface area contributed by atoms with Gasteiger partial charge in [-0.2, -0.15) is 5.26 Å². The Hall–Kier alpha value is -2.02. The monoisotopic (exact) mass is 190 g/mol. The Kier molecular flexibility index (Phi) is 3.08. The molecule has 0 spiro atoms. The highest BCUT2D eigenvalue weighted by Crippen LogP contribution is 2.12. The highest BCUT2D eigenvalue weighted by Gasteiger charge is 2.09. The van der Waals surface area contributed by atoms with E-state index in [9.17, 15) is 4.79 Å². The van der Waals surface area contributed by atoms with Crippen molar-refractivity contribution in [3.63, 3.8) is 0 Å². The lowest BCUT2D eigenvalue weighted by Crippen LogP contribution is -2.30. The maximum absolute atomic E-state index is 10.7. The number of primary amides is 1. The number of hydrogen-bond donors (Lipinski definition) is 1. The molecule has 4 heteroatoms. The molecule has 0 radical (unpaired) electrons. The van der Waals surface area contributed by atoms with Gasteiger partial charge in [0.25, 0.3) is 5.91 Å². The first-order valence-corrected chi connectivity index (χ1v) is 4.09. The van der Waals surface area contributed by atoms with Gasteiger partial charge in [0.2, 0.25) is 0 Å². The van der Waals surface area contributed by atoms with Gasteiger partial charge in [0.05, 0.1) is 11.6 Å². The van der Waals surface area contributed by atoms with Crippen molar-refractivity contribution < 1.29 is 9.53 Å². The van der Waals surface area contributed by atoms with Crippen LogP contribution in [0.2, 0.25) is 0 Å². The summed E-state index contributed by atoms with van der Waals surface area (Å²) in [6.07, 6.45) is -0.664. The molecule has 0 bridgehead atoms. The maximum Gasteiger partial charge on any atom is 0.258 e. The van der Waals surface area contributed by atoms with Crippen LogP contribution in [0.15, 0.2) is 24.3 Å². The Morgan fingerprint density at radius 3 is 2.50 bits per heavy atom. The summed E-state index contributed by atoms with van der Waals surface area (Å²) >= 11 is 0. The predicted molar refractivity (Wildman–Crippen MR) is 50.4 cm³/mol. The molecular weight excluding hydrogens is 180 g/mol. The van der Waals surface area contributed by atoms with Crippen molar-refractivity contribution in [2.24, 2.45) is 5.73 Å². The van der Waals surface area contributed by atoms with Crippen LogP contribution in [0.3, 0.4) is 0 Å². The number of amides is 1. The van der Waals surface area contributed by atoms with E-state index in [1.807, 2.05) is 6.07 Å². The van der Waals surface area contributed by atoms with E-state index in [0.717, 1.165) is 0 Å². The summed E-state index contributed by atoms with van der Waals surface area (Å²) in [5.41, 5.74) is 5.57. The van der Waals surface area contributed by atoms with Crippen LogP contribution >= 0.6 is 0 Å². The number of carbonyl (C=O) groups excluding carboxylic acids is 1. The molecule has 0 heterocycles. The summed E-state index contributed by atoms with van der Waals surface area (Å²) < 4.78 is 5.19. The largest absolute Gasteiger partial charge is 0.481 e. The minimum atomic E-state index is -0.664. The van der Waals surface area contributed by atoms with E-state index in [2.05, 4.69) is 0 Å². The molecule has 0 fully saturated rings. The van der Waals surface area contributed by atoms with E-state index >= 15 is 0 Å². The van der Waals surface area contributed by atoms with Crippen LogP contribution in [0.4, 0.5) is 0 Å². The third-order valence-corrected chi connectivity index (χ3v) is 1.70. The molecule has 0 saturated carbocycles. The van der Waals surface area contributed by atoms with Crippen molar-refractivity contribution in [2.75, 3.05) is 0 Å². The molecule has 0 saturated heterocycles. The van der Waals surface area contributed by atoms with Gasteiger partial charge in [-0.15, -0.1) is 0 Å². The Balaban J connectivity index is 2.70. The second-order valence-electron chi connectivity index (χ2n) is 2.80. The Labute approximate surface area is 81.9 Å². The van der Waals surface area contributed by atoms with E-state index in [0.29, 0.717) is 11.3 Å². The van der Waals surface area contributed by atoms with Gasteiger partial charge in [0.15, 0.2) is 6.10 Å². The lowest BCUT2D eigenvalue weighted by molar-refractivity contribution is -0.123. The maximum atomic E-state index is 10.7. The Morgan fingerprint density at radius 2 is 2.07 bits per heavy atom. The van der Waals surface area contributed by atoms with Gasteiger partial charge in [-0.3, -0.25) is 4.79 Å². The molecule has 0 aliphatic heterocycles. The van der Waals surface area contributed by atoms with E-state index in [-0.39, 0.29) is 0 Å². The Bertz CT molecular complexity index is 365. The fourth-order valence-corrected chi connectivity index (χ4v) is 0.870. The number of nitriles is 1. The predicted octanol–water partition coefficient (Wildman–Crippen LogP) is 0.811. The molecule has 0 aliphatic carbocycles. The number of carbonyl (C=O) groups is 1. The zero-order chi connectivity index (χ0) is 10.6. The van der Waals surface area contributed by atoms with Crippen LogP contribution in [-0.2, 0) is 4.79 Å². The highest BCUT2D eigenvalue weighted by molar-refractivity contribution is 5.78. The number of hydrogen-bond acceptors (Lipinski definition) is 3. The quantitative estimate of drug-likeness (QED) is 0.766. The summed E-state index contributed by atoms with van der Waals surface area (Å²) in [6.45, 7) is 1.57. The molecule has 1 rings (SSSR count). The standard InChI is InChI=1S/C10H10N2O2/c1-7(10(12)13)14-9-4-2-8(6-11)3-5-9/h2-5,7H,1H3,(H2,12,13)/t7-/m0/s1. The van der Waals surface area contributed by atoms with Crippen LogP contribution in [0.25, 0.3) is 0 Å². The van der Waals surface area contributed by atoms with E-state index < -0.39 is 12.0 Å². The molecule has 0 unspecified atom stereocenters. The van der Waals surface area contributed by atoms with Crippen LogP contribution in [0, 0.1) is 11.3 Å². The summed E-state index contributed by atoms with van der Waals surface area (Å²) in [5, 5.41) is 8.53. The van der Waals surface area contributed by atoms with Crippen LogP contribution in [0.5, 0.6) is 5.75 Å². The van der Waals surface area contributed by atoms with Crippen LogP contribution < -0.4 is 10.5 Å². The van der Waals surface area contributed by atoms with Gasteiger partial charge in [-0.25, -0.2) is 0 Å². The SMILES string of the molecule is C[C@H](Oc1ccc(C#N)cc1)C(N)=O. The lowest BCUT2D eigenvalue weighted by atomic mass is 10.2. The molecule has 72 valence electrons. The number of rotatable bonds is 3. The van der Waals surface area contributed by atoms with E-state index in [4.69, 9.17) is 15.7 Å². The average molecular weight is 190 g/mol. The molecule has 1 aromatic carbocycles. The van der Waals surface area contributed by atoms with Crippen molar-refractivity contribution >= 4 is 5.91 Å². The van der Waals surface area contributed by atoms with Gasteiger partial charge in [-0.05, 0) is 31.2 Å². The van der Waals surface area contributed by atoms with Gasteiger partial charge in [-0.1, -0.05) is 0 Å². The van der Waals surface area contributed by atoms with E-state index in [1.165, 1.54) is 0 Å². The van der Waals surface area contributed by atoms with Gasteiger partial charge >= 0.3 is 0 Å². The zero-order valence-corrected chi connectivity index (χ0v) is 7.73. The normalized spacial score (nSPS) is 11.4. The van der Waals surface area contributed by atoms with Gasteiger partial charge in [0.1, 0.15) is 5.75 Å². The fourth-order valence-electron chi connectivity index (χ4n) is 0.870. The lowest BCUT2D eigenvalue weighted by Gasteiger charge is -2.10. The summed E-state index contributed by atoms with van der Waals surface area (Å²) in [4.78, 5) is 10.7. The van der Waals surface area contributed by atoms with Crippen molar-refractivity contribution in [1.29, 1.82) is 5.26 Å². The first-order valence-electron chi connectivity index (χ1n) is 4.09. The van der Waals surface area contributed by atoms with Crippen molar-refractivity contribution in [3.8, 4) is 11.8 Å². The van der Waals surface area contributed by atoms with Crippen molar-refractivity contribution in [2.45, 2.75) is 13.0 Å². The third-order valence-electron chi connectivity index (χ3n) is 1.70. The van der Waals surface area contributed by atoms with Crippen LogP contribution in [0.1, 0.15) is 12.5 Å². The Morgan fingerprint density at radius 1 is 1.50 bits per heavy atom. The number of ether oxygens (including phenoxy) is 1. The number of nitrogens with two attached hydrogens (primary N) is 1. The average Bonchev–Trinajstić information content (AvgIpc) is 2.19. The second kappa shape index (κ2) is 4.28. The summed E-state index contributed by atoms with van der Waals surface area (Å²) in [7, 11) is 0. The molecule has 14 heavy (non-hydrogen) atoms. The molecule has 2 N–H and O–H groups in total. The smallest absolute Gasteiger partial charge is 0.258 e. The first-order chi connectivity index (χ1) is 6.63. The molecule has 0 aliphatic rings. The van der Waals surface area contributed by atoms with Gasteiger partial charge in [0, 0.05) is 0 Å². The van der Waals surface area contributed by atoms with Gasteiger partial charge < -0.3 is 10.5 Å².